The zero-order chi connectivity index (χ0) is 26.8. The van der Waals surface area contributed by atoms with Gasteiger partial charge in [-0.15, -0.1) is 0 Å². The quantitative estimate of drug-likeness (QED) is 0.292. The summed E-state index contributed by atoms with van der Waals surface area (Å²) in [5.74, 6) is -1.77. The Morgan fingerprint density at radius 2 is 1.39 bits per heavy atom. The third-order valence-corrected chi connectivity index (χ3v) is 6.43. The number of allylic oxidation sites excluding steroid dienone is 3. The zero-order valence-electron chi connectivity index (χ0n) is 20.6. The van der Waals surface area contributed by atoms with Crippen LogP contribution in [0.2, 0.25) is 0 Å². The molecule has 38 heavy (non-hydrogen) atoms. The first kappa shape index (κ1) is 24.7. The summed E-state index contributed by atoms with van der Waals surface area (Å²) in [6.45, 7) is 7.87. The van der Waals surface area contributed by atoms with Crippen molar-refractivity contribution in [2.24, 2.45) is 0 Å². The van der Waals surface area contributed by atoms with Gasteiger partial charge in [0.2, 0.25) is 0 Å². The molecular weight excluding hydrogens is 480 g/mol. The molecule has 0 amide bonds. The van der Waals surface area contributed by atoms with E-state index in [1.807, 2.05) is 48.6 Å². The molecule has 0 atom stereocenters. The molecule has 8 nitrogen and oxygen atoms in total. The number of aromatic amines is 2. The molecule has 8 bridgehead atoms. The van der Waals surface area contributed by atoms with E-state index in [0.717, 1.165) is 55.7 Å². The summed E-state index contributed by atoms with van der Waals surface area (Å²) < 4.78 is 0. The highest BCUT2D eigenvalue weighted by Gasteiger charge is 2.14. The molecule has 2 aliphatic rings. The van der Waals surface area contributed by atoms with Crippen LogP contribution in [0.3, 0.4) is 0 Å². The van der Waals surface area contributed by atoms with Gasteiger partial charge in [-0.05, 0) is 78.1 Å². The largest absolute Gasteiger partial charge is 0.481 e. The number of H-pyrrole nitrogens is 2. The second-order valence-corrected chi connectivity index (χ2v) is 9.14. The lowest BCUT2D eigenvalue weighted by Gasteiger charge is -2.00. The van der Waals surface area contributed by atoms with Crippen LogP contribution in [0.4, 0.5) is 0 Å². The first-order valence-electron chi connectivity index (χ1n) is 12.2. The number of carbonyl (C=O) groups is 2. The van der Waals surface area contributed by atoms with Crippen LogP contribution in [0.5, 0.6) is 0 Å². The Morgan fingerprint density at radius 3 is 2.11 bits per heavy atom. The van der Waals surface area contributed by atoms with Crippen molar-refractivity contribution in [1.29, 1.82) is 0 Å². The van der Waals surface area contributed by atoms with Gasteiger partial charge in [0.15, 0.2) is 0 Å². The summed E-state index contributed by atoms with van der Waals surface area (Å²) in [5.41, 5.74) is 9.36. The number of aliphatic carboxylic acids is 2. The fourth-order valence-corrected chi connectivity index (χ4v) is 4.62. The van der Waals surface area contributed by atoms with Crippen molar-refractivity contribution in [3.8, 4) is 0 Å². The highest BCUT2D eigenvalue weighted by atomic mass is 16.4. The third kappa shape index (κ3) is 5.24. The van der Waals surface area contributed by atoms with Crippen molar-refractivity contribution in [3.05, 3.63) is 89.5 Å². The lowest BCUT2D eigenvalue weighted by atomic mass is 10.1. The Kier molecular flexibility index (Phi) is 6.62. The van der Waals surface area contributed by atoms with Crippen LogP contribution in [0.1, 0.15) is 53.2 Å². The number of nitrogens with zero attached hydrogens (tertiary/aromatic N) is 2. The Hall–Kier alpha value is -4.98. The molecule has 0 saturated heterocycles. The lowest BCUT2D eigenvalue weighted by Crippen LogP contribution is -1.97. The van der Waals surface area contributed by atoms with Gasteiger partial charge in [0.05, 0.1) is 22.8 Å². The Labute approximate surface area is 218 Å². The van der Waals surface area contributed by atoms with Crippen LogP contribution in [-0.2, 0) is 16.0 Å². The molecule has 5 heterocycles. The number of hydrogen-bond donors (Lipinski definition) is 4. The maximum Gasteiger partial charge on any atom is 0.303 e. The Balaban J connectivity index is 1.81. The first-order chi connectivity index (χ1) is 18.3. The molecule has 0 saturated carbocycles. The SMILES string of the molecule is C=CC1=Cc2cc3cc(CCC(=O)O)c(cc4nc(cc5cc(C=C)c(cc1n2)[nH]5)C=C4CCC(=O)O)[nH]3. The molecule has 190 valence electrons. The van der Waals surface area contributed by atoms with Crippen LogP contribution in [0.15, 0.2) is 55.6 Å². The van der Waals surface area contributed by atoms with Gasteiger partial charge in [0, 0.05) is 40.5 Å². The van der Waals surface area contributed by atoms with E-state index in [-0.39, 0.29) is 12.8 Å². The maximum atomic E-state index is 11.3. The minimum atomic E-state index is -0.888. The van der Waals surface area contributed by atoms with Crippen molar-refractivity contribution in [1.82, 2.24) is 19.9 Å². The van der Waals surface area contributed by atoms with Crippen molar-refractivity contribution in [2.45, 2.75) is 25.7 Å². The van der Waals surface area contributed by atoms with E-state index in [9.17, 15) is 19.8 Å². The van der Waals surface area contributed by atoms with E-state index in [4.69, 9.17) is 9.97 Å². The fraction of sp³-hybridized carbons (Fsp3) is 0.133. The average molecular weight is 507 g/mol. The van der Waals surface area contributed by atoms with Gasteiger partial charge in [-0.3, -0.25) is 9.59 Å². The van der Waals surface area contributed by atoms with Gasteiger partial charge < -0.3 is 20.2 Å². The predicted molar refractivity (Wildman–Crippen MR) is 150 cm³/mol. The van der Waals surface area contributed by atoms with Crippen LogP contribution < -0.4 is 0 Å². The van der Waals surface area contributed by atoms with Gasteiger partial charge >= 0.3 is 11.9 Å². The molecule has 0 spiro atoms. The molecule has 0 aliphatic carbocycles. The van der Waals surface area contributed by atoms with Crippen molar-refractivity contribution < 1.29 is 19.8 Å². The highest BCUT2D eigenvalue weighted by molar-refractivity contribution is 5.91. The Morgan fingerprint density at radius 1 is 0.763 bits per heavy atom. The topological polar surface area (TPSA) is 132 Å². The van der Waals surface area contributed by atoms with E-state index in [1.165, 1.54) is 0 Å². The van der Waals surface area contributed by atoms with Gasteiger partial charge in [-0.25, -0.2) is 9.97 Å². The van der Waals surface area contributed by atoms with Crippen LogP contribution in [0, 0.1) is 0 Å². The van der Waals surface area contributed by atoms with Gasteiger partial charge in [0.25, 0.3) is 0 Å². The molecule has 5 rings (SSSR count). The monoisotopic (exact) mass is 506 g/mol. The normalized spacial score (nSPS) is 12.5. The summed E-state index contributed by atoms with van der Waals surface area (Å²) in [7, 11) is 0. The summed E-state index contributed by atoms with van der Waals surface area (Å²) in [5, 5.41) is 18.5. The molecular formula is C30H26N4O4. The standard InChI is InChI=1S/C30H26N4O4/c1-3-17-9-21-13-23-11-19(5-7-29(35)36)27(33-23)16-28-20(6-8-30(37)38)12-24(34-28)14-22-10-18(4-2)26(32-22)15-25(17)31-21/h3-4,9-16,31,34H,1-2,5-8H2,(H,35,36)(H,37,38). The number of aryl methyl sites for hydroxylation is 1. The summed E-state index contributed by atoms with van der Waals surface area (Å²) >= 11 is 0. The Bertz CT molecular complexity index is 1720. The minimum absolute atomic E-state index is 0.0214. The molecule has 0 radical (unpaired) electrons. The number of carboxylic acid groups (broad SMARTS) is 2. The first-order valence-corrected chi connectivity index (χ1v) is 12.2. The van der Waals surface area contributed by atoms with Crippen molar-refractivity contribution in [2.75, 3.05) is 0 Å². The molecule has 0 fully saturated rings. The van der Waals surface area contributed by atoms with Crippen LogP contribution >= 0.6 is 0 Å². The third-order valence-electron chi connectivity index (χ3n) is 6.43. The average Bonchev–Trinajstić information content (AvgIpc) is 3.63. The number of carboxylic acids is 2. The highest BCUT2D eigenvalue weighted by Crippen LogP contribution is 2.29. The summed E-state index contributed by atoms with van der Waals surface area (Å²) in [4.78, 5) is 38.9. The smallest absolute Gasteiger partial charge is 0.303 e. The molecule has 8 heteroatoms. The second kappa shape index (κ2) is 10.2. The number of fused-ring (bicyclic) bond motifs is 8. The molecule has 3 aromatic rings. The molecule has 4 N–H and O–H groups in total. The zero-order valence-corrected chi connectivity index (χ0v) is 20.6. The lowest BCUT2D eigenvalue weighted by molar-refractivity contribution is -0.137. The van der Waals surface area contributed by atoms with Gasteiger partial charge in [-0.2, -0.15) is 0 Å². The summed E-state index contributed by atoms with van der Waals surface area (Å²) in [6, 6.07) is 11.5. The summed E-state index contributed by atoms with van der Waals surface area (Å²) in [6.07, 6.45) is 7.95. The van der Waals surface area contributed by atoms with Gasteiger partial charge in [-0.1, -0.05) is 25.3 Å². The predicted octanol–water partition coefficient (Wildman–Crippen LogP) is 6.11. The van der Waals surface area contributed by atoms with E-state index in [0.29, 0.717) is 24.2 Å². The van der Waals surface area contributed by atoms with Crippen molar-refractivity contribution >= 4 is 63.4 Å². The minimum Gasteiger partial charge on any atom is -0.481 e. The molecule has 3 aromatic heterocycles. The van der Waals surface area contributed by atoms with E-state index < -0.39 is 11.9 Å². The number of nitrogens with one attached hydrogen (secondary N) is 2. The van der Waals surface area contributed by atoms with E-state index >= 15 is 0 Å². The van der Waals surface area contributed by atoms with Crippen LogP contribution in [0.25, 0.3) is 51.4 Å². The van der Waals surface area contributed by atoms with Crippen LogP contribution in [-0.4, -0.2) is 42.1 Å². The van der Waals surface area contributed by atoms with E-state index in [2.05, 4.69) is 23.1 Å². The molecule has 0 unspecified atom stereocenters. The van der Waals surface area contributed by atoms with E-state index in [1.54, 1.807) is 12.2 Å². The molecule has 2 aliphatic heterocycles. The molecule has 0 aromatic carbocycles. The maximum absolute atomic E-state index is 11.3. The number of aromatic nitrogens is 4. The van der Waals surface area contributed by atoms with Crippen molar-refractivity contribution in [3.63, 3.8) is 0 Å². The van der Waals surface area contributed by atoms with Gasteiger partial charge in [0.1, 0.15) is 0 Å². The number of hydrogen-bond acceptors (Lipinski definition) is 4. The fourth-order valence-electron chi connectivity index (χ4n) is 4.62. The second-order valence-electron chi connectivity index (χ2n) is 9.14. The number of rotatable bonds is 8.